The standard InChI is InChI=1S/C75H128O6/c1-4-7-10-13-16-19-21-23-25-27-29-31-33-35-36-37-38-40-41-43-45-47-49-51-53-56-59-62-65-68-74(77)80-71-72(70-79-73(76)67-64-61-58-55-18-15-12-9-6-3)81-75(78)69-66-63-60-57-54-52-50-48-46-44-42-39-34-32-30-28-26-24-22-20-17-14-11-8-5-2/h7,10,16,19,22-25,28-31,34-36,38-40,72H,4-6,8-9,11-15,17-18,20-21,26-27,32-33,37,41-71H2,1-3H3/b10-7-,19-16-,24-22-,25-23-,30-28-,31-29-,36-35-,39-34-,40-38-. The molecule has 0 bridgehead atoms. The summed E-state index contributed by atoms with van der Waals surface area (Å²) in [6.07, 6.45) is 94.0. The van der Waals surface area contributed by atoms with Gasteiger partial charge in [0.05, 0.1) is 0 Å². The molecule has 0 saturated heterocycles. The van der Waals surface area contributed by atoms with Crippen molar-refractivity contribution in [3.8, 4) is 0 Å². The van der Waals surface area contributed by atoms with E-state index in [0.29, 0.717) is 19.3 Å². The third-order valence-corrected chi connectivity index (χ3v) is 14.8. The fraction of sp³-hybridized carbons (Fsp3) is 0.720. The highest BCUT2D eigenvalue weighted by Crippen LogP contribution is 2.16. The summed E-state index contributed by atoms with van der Waals surface area (Å²) >= 11 is 0. The molecule has 0 fully saturated rings. The average molecular weight is 1130 g/mol. The Labute approximate surface area is 501 Å². The molecule has 0 aliphatic heterocycles. The van der Waals surface area contributed by atoms with Crippen LogP contribution in [0.15, 0.2) is 109 Å². The van der Waals surface area contributed by atoms with E-state index in [4.69, 9.17) is 14.2 Å². The van der Waals surface area contributed by atoms with E-state index >= 15 is 0 Å². The first-order chi connectivity index (χ1) is 40.0. The minimum absolute atomic E-state index is 0.0787. The van der Waals surface area contributed by atoms with Gasteiger partial charge in [0.25, 0.3) is 0 Å². The smallest absolute Gasteiger partial charge is 0.306 e. The largest absolute Gasteiger partial charge is 0.462 e. The van der Waals surface area contributed by atoms with Crippen LogP contribution < -0.4 is 0 Å². The Morgan fingerprint density at radius 2 is 0.481 bits per heavy atom. The predicted octanol–water partition coefficient (Wildman–Crippen LogP) is 23.8. The Morgan fingerprint density at radius 1 is 0.259 bits per heavy atom. The Bertz CT molecular complexity index is 1620. The highest BCUT2D eigenvalue weighted by atomic mass is 16.6. The van der Waals surface area contributed by atoms with Crippen molar-refractivity contribution in [2.75, 3.05) is 13.2 Å². The second-order valence-electron chi connectivity index (χ2n) is 22.7. The summed E-state index contributed by atoms with van der Waals surface area (Å²) in [5.41, 5.74) is 0. The minimum atomic E-state index is -0.782. The van der Waals surface area contributed by atoms with Crippen molar-refractivity contribution in [2.45, 2.75) is 335 Å². The van der Waals surface area contributed by atoms with Crippen LogP contribution in [0.5, 0.6) is 0 Å². The van der Waals surface area contributed by atoms with Gasteiger partial charge in [0, 0.05) is 19.3 Å². The number of hydrogen-bond donors (Lipinski definition) is 0. The summed E-state index contributed by atoms with van der Waals surface area (Å²) in [5.74, 6) is -0.879. The highest BCUT2D eigenvalue weighted by molar-refractivity contribution is 5.71. The van der Waals surface area contributed by atoms with Gasteiger partial charge in [-0.05, 0) is 109 Å². The van der Waals surface area contributed by atoms with Gasteiger partial charge in [0.2, 0.25) is 0 Å². The molecule has 0 aromatic carbocycles. The van der Waals surface area contributed by atoms with Gasteiger partial charge in [-0.1, -0.05) is 310 Å². The normalized spacial score (nSPS) is 12.8. The fourth-order valence-corrected chi connectivity index (χ4v) is 9.63. The summed E-state index contributed by atoms with van der Waals surface area (Å²) < 4.78 is 16.9. The fourth-order valence-electron chi connectivity index (χ4n) is 9.63. The van der Waals surface area contributed by atoms with Gasteiger partial charge in [-0.15, -0.1) is 0 Å². The highest BCUT2D eigenvalue weighted by Gasteiger charge is 2.19. The molecule has 0 spiro atoms. The maximum Gasteiger partial charge on any atom is 0.306 e. The van der Waals surface area contributed by atoms with Gasteiger partial charge in [-0.2, -0.15) is 0 Å². The lowest BCUT2D eigenvalue weighted by atomic mass is 10.0. The van der Waals surface area contributed by atoms with Crippen LogP contribution in [0.1, 0.15) is 329 Å². The quantitative estimate of drug-likeness (QED) is 0.0261. The first-order valence-corrected chi connectivity index (χ1v) is 34.4. The maximum absolute atomic E-state index is 12.9. The van der Waals surface area contributed by atoms with E-state index in [1.54, 1.807) is 0 Å². The Hall–Kier alpha value is -3.93. The van der Waals surface area contributed by atoms with Crippen LogP contribution in [0.4, 0.5) is 0 Å². The zero-order valence-electron chi connectivity index (χ0n) is 53.3. The number of rotatable bonds is 62. The molecule has 81 heavy (non-hydrogen) atoms. The summed E-state index contributed by atoms with van der Waals surface area (Å²) in [5, 5.41) is 0. The SMILES string of the molecule is CC/C=C\C/C=C\C/C=C\C/C=C\C/C=C\C/C=C\CCCCCCCCCCCCC(=O)OCC(COC(=O)CCCCCCCCCCC)OC(=O)CCCCCCCCCCCC/C=C\C/C=C\C/C=C\CCCCCCC. The zero-order chi connectivity index (χ0) is 58.5. The lowest BCUT2D eigenvalue weighted by Crippen LogP contribution is -2.30. The van der Waals surface area contributed by atoms with Crippen molar-refractivity contribution in [1.82, 2.24) is 0 Å². The van der Waals surface area contributed by atoms with Crippen LogP contribution in [-0.4, -0.2) is 37.2 Å². The van der Waals surface area contributed by atoms with Gasteiger partial charge in [-0.25, -0.2) is 0 Å². The van der Waals surface area contributed by atoms with Crippen molar-refractivity contribution in [2.24, 2.45) is 0 Å². The Kier molecular flexibility index (Phi) is 65.2. The van der Waals surface area contributed by atoms with Crippen LogP contribution in [-0.2, 0) is 28.6 Å². The number of unbranched alkanes of at least 4 members (excludes halogenated alkanes) is 33. The Morgan fingerprint density at radius 3 is 0.753 bits per heavy atom. The Balaban J connectivity index is 4.21. The molecule has 6 heteroatoms. The molecule has 1 atom stereocenters. The van der Waals surface area contributed by atoms with E-state index in [1.165, 1.54) is 180 Å². The molecule has 0 radical (unpaired) electrons. The third-order valence-electron chi connectivity index (χ3n) is 14.8. The second kappa shape index (κ2) is 68.6. The van der Waals surface area contributed by atoms with Crippen molar-refractivity contribution in [1.29, 1.82) is 0 Å². The molecule has 0 aliphatic carbocycles. The number of hydrogen-bond acceptors (Lipinski definition) is 6. The topological polar surface area (TPSA) is 78.9 Å². The lowest BCUT2D eigenvalue weighted by Gasteiger charge is -2.18. The molecule has 6 nitrogen and oxygen atoms in total. The van der Waals surface area contributed by atoms with Crippen LogP contribution in [0, 0.1) is 0 Å². The summed E-state index contributed by atoms with van der Waals surface area (Å²) in [6, 6.07) is 0. The van der Waals surface area contributed by atoms with E-state index in [-0.39, 0.29) is 31.1 Å². The van der Waals surface area contributed by atoms with Crippen molar-refractivity contribution in [3.63, 3.8) is 0 Å². The molecule has 1 unspecified atom stereocenters. The molecule has 0 aromatic heterocycles. The zero-order valence-corrected chi connectivity index (χ0v) is 53.3. The average Bonchev–Trinajstić information content (AvgIpc) is 3.47. The minimum Gasteiger partial charge on any atom is -0.462 e. The molecule has 0 rings (SSSR count). The van der Waals surface area contributed by atoms with Crippen LogP contribution in [0.3, 0.4) is 0 Å². The number of carbonyl (C=O) groups is 3. The summed E-state index contributed by atoms with van der Waals surface area (Å²) in [7, 11) is 0. The first kappa shape index (κ1) is 77.1. The molecule has 0 heterocycles. The molecular formula is C75H128O6. The summed E-state index contributed by atoms with van der Waals surface area (Å²) in [4.78, 5) is 38.3. The summed E-state index contributed by atoms with van der Waals surface area (Å²) in [6.45, 7) is 6.52. The van der Waals surface area contributed by atoms with Crippen molar-refractivity contribution < 1.29 is 28.6 Å². The van der Waals surface area contributed by atoms with Crippen LogP contribution in [0.25, 0.3) is 0 Å². The molecule has 0 aromatic rings. The number of allylic oxidation sites excluding steroid dienone is 18. The van der Waals surface area contributed by atoms with E-state index < -0.39 is 6.10 Å². The van der Waals surface area contributed by atoms with Crippen molar-refractivity contribution >= 4 is 17.9 Å². The van der Waals surface area contributed by atoms with E-state index in [2.05, 4.69) is 130 Å². The second-order valence-corrected chi connectivity index (χ2v) is 22.7. The van der Waals surface area contributed by atoms with Gasteiger partial charge in [0.1, 0.15) is 13.2 Å². The van der Waals surface area contributed by atoms with E-state index in [0.717, 1.165) is 109 Å². The maximum atomic E-state index is 12.9. The molecular weight excluding hydrogens is 997 g/mol. The molecule has 0 N–H and O–H groups in total. The predicted molar refractivity (Wildman–Crippen MR) is 353 cm³/mol. The van der Waals surface area contributed by atoms with E-state index in [9.17, 15) is 14.4 Å². The number of ether oxygens (including phenoxy) is 3. The molecule has 464 valence electrons. The van der Waals surface area contributed by atoms with Gasteiger partial charge in [-0.3, -0.25) is 14.4 Å². The first-order valence-electron chi connectivity index (χ1n) is 34.4. The van der Waals surface area contributed by atoms with Gasteiger partial charge < -0.3 is 14.2 Å². The van der Waals surface area contributed by atoms with Gasteiger partial charge >= 0.3 is 17.9 Å². The van der Waals surface area contributed by atoms with E-state index in [1.807, 2.05) is 0 Å². The monoisotopic (exact) mass is 1120 g/mol. The lowest BCUT2D eigenvalue weighted by molar-refractivity contribution is -0.167. The number of carbonyl (C=O) groups excluding carboxylic acids is 3. The van der Waals surface area contributed by atoms with Gasteiger partial charge in [0.15, 0.2) is 6.10 Å². The molecule has 0 saturated carbocycles. The number of esters is 3. The molecule has 0 aliphatic rings. The van der Waals surface area contributed by atoms with Crippen LogP contribution >= 0.6 is 0 Å². The molecule has 0 amide bonds. The van der Waals surface area contributed by atoms with Crippen molar-refractivity contribution in [3.05, 3.63) is 109 Å². The van der Waals surface area contributed by atoms with Crippen LogP contribution in [0.2, 0.25) is 0 Å². The third kappa shape index (κ3) is 66.8.